The lowest BCUT2D eigenvalue weighted by molar-refractivity contribution is -0.118. The summed E-state index contributed by atoms with van der Waals surface area (Å²) in [4.78, 5) is 24.2. The van der Waals surface area contributed by atoms with Gasteiger partial charge in [0, 0.05) is 17.3 Å². The molecule has 0 saturated heterocycles. The van der Waals surface area contributed by atoms with Gasteiger partial charge in [0.05, 0.1) is 6.26 Å². The Labute approximate surface area is 175 Å². The molecular formula is C21H16N4O4S. The van der Waals surface area contributed by atoms with E-state index in [2.05, 4.69) is 20.8 Å². The largest absolute Gasteiger partial charge is 0.484 e. The summed E-state index contributed by atoms with van der Waals surface area (Å²) in [5.74, 6) is -0.103. The van der Waals surface area contributed by atoms with E-state index in [1.807, 2.05) is 30.3 Å². The van der Waals surface area contributed by atoms with Crippen LogP contribution in [0.4, 0.5) is 10.8 Å². The lowest BCUT2D eigenvalue weighted by Gasteiger charge is -2.08. The number of rotatable bonds is 7. The van der Waals surface area contributed by atoms with Crippen molar-refractivity contribution in [2.45, 2.75) is 0 Å². The van der Waals surface area contributed by atoms with E-state index >= 15 is 0 Å². The summed E-state index contributed by atoms with van der Waals surface area (Å²) in [5, 5.41) is 14.5. The highest BCUT2D eigenvalue weighted by molar-refractivity contribution is 7.18. The molecule has 4 aromatic rings. The molecular weight excluding hydrogens is 404 g/mol. The number of benzene rings is 2. The molecule has 0 spiro atoms. The maximum atomic E-state index is 12.2. The molecule has 2 amide bonds. The van der Waals surface area contributed by atoms with Gasteiger partial charge in [-0.1, -0.05) is 47.7 Å². The van der Waals surface area contributed by atoms with Gasteiger partial charge in [-0.05, 0) is 24.3 Å². The fourth-order valence-electron chi connectivity index (χ4n) is 2.54. The number of hydrogen-bond donors (Lipinski definition) is 2. The zero-order valence-corrected chi connectivity index (χ0v) is 16.4. The van der Waals surface area contributed by atoms with Crippen LogP contribution in [0.25, 0.3) is 10.6 Å². The van der Waals surface area contributed by atoms with Crippen molar-refractivity contribution in [1.82, 2.24) is 10.2 Å². The zero-order valence-electron chi connectivity index (χ0n) is 15.6. The van der Waals surface area contributed by atoms with Gasteiger partial charge in [0.25, 0.3) is 11.8 Å². The number of anilines is 2. The molecule has 0 bridgehead atoms. The van der Waals surface area contributed by atoms with Gasteiger partial charge in [0.15, 0.2) is 12.4 Å². The number of ether oxygens (including phenoxy) is 1. The monoisotopic (exact) mass is 420 g/mol. The minimum atomic E-state index is -0.375. The van der Waals surface area contributed by atoms with Crippen LogP contribution in [0.3, 0.4) is 0 Å². The number of furan rings is 1. The van der Waals surface area contributed by atoms with Crippen LogP contribution in [0.15, 0.2) is 77.4 Å². The average molecular weight is 420 g/mol. The van der Waals surface area contributed by atoms with Gasteiger partial charge in [0.1, 0.15) is 10.8 Å². The number of aromatic nitrogens is 2. The Morgan fingerprint density at radius 1 is 0.967 bits per heavy atom. The molecule has 0 unspecified atom stereocenters. The standard InChI is InChI=1S/C21H16N4O4S/c26-18(23-21-25-24-20(30-21)14-6-2-1-3-7-14)13-29-16-9-4-8-15(12-16)22-19(27)17-10-5-11-28-17/h1-12H,13H2,(H,22,27)(H,23,25,26). The molecule has 8 nitrogen and oxygen atoms in total. The van der Waals surface area contributed by atoms with Crippen LogP contribution in [-0.4, -0.2) is 28.6 Å². The van der Waals surface area contributed by atoms with Crippen molar-refractivity contribution >= 4 is 34.0 Å². The van der Waals surface area contributed by atoms with Crippen molar-refractivity contribution in [2.24, 2.45) is 0 Å². The molecule has 2 heterocycles. The third-order valence-corrected chi connectivity index (χ3v) is 4.79. The first-order valence-electron chi connectivity index (χ1n) is 8.94. The van der Waals surface area contributed by atoms with Gasteiger partial charge in [-0.3, -0.25) is 14.9 Å². The molecule has 4 rings (SSSR count). The van der Waals surface area contributed by atoms with Crippen molar-refractivity contribution in [2.75, 3.05) is 17.2 Å². The second-order valence-corrected chi connectivity index (χ2v) is 7.05. The molecule has 0 atom stereocenters. The zero-order chi connectivity index (χ0) is 20.8. The summed E-state index contributed by atoms with van der Waals surface area (Å²) in [7, 11) is 0. The number of carbonyl (C=O) groups excluding carboxylic acids is 2. The minimum Gasteiger partial charge on any atom is -0.484 e. The first-order chi connectivity index (χ1) is 14.7. The molecule has 30 heavy (non-hydrogen) atoms. The Bertz CT molecular complexity index is 1140. The maximum absolute atomic E-state index is 12.2. The summed E-state index contributed by atoms with van der Waals surface area (Å²) >= 11 is 1.28. The lowest BCUT2D eigenvalue weighted by atomic mass is 10.2. The summed E-state index contributed by atoms with van der Waals surface area (Å²) in [5.41, 5.74) is 1.45. The van der Waals surface area contributed by atoms with E-state index in [0.717, 1.165) is 5.56 Å². The summed E-state index contributed by atoms with van der Waals surface area (Å²) in [6.45, 7) is -0.212. The quantitative estimate of drug-likeness (QED) is 0.467. The third-order valence-electron chi connectivity index (χ3n) is 3.90. The first kappa shape index (κ1) is 19.3. The van der Waals surface area contributed by atoms with Crippen molar-refractivity contribution in [3.63, 3.8) is 0 Å². The van der Waals surface area contributed by atoms with Gasteiger partial charge in [0.2, 0.25) is 5.13 Å². The molecule has 0 aliphatic rings. The molecule has 0 aliphatic heterocycles. The highest BCUT2D eigenvalue weighted by Gasteiger charge is 2.11. The number of nitrogens with one attached hydrogen (secondary N) is 2. The number of amides is 2. The van der Waals surface area contributed by atoms with Crippen molar-refractivity contribution < 1.29 is 18.7 Å². The van der Waals surface area contributed by atoms with E-state index in [1.165, 1.54) is 17.6 Å². The Hall–Kier alpha value is -3.98. The van der Waals surface area contributed by atoms with Crippen LogP contribution in [0.5, 0.6) is 5.75 Å². The van der Waals surface area contributed by atoms with E-state index in [1.54, 1.807) is 36.4 Å². The van der Waals surface area contributed by atoms with Gasteiger partial charge in [-0.15, -0.1) is 10.2 Å². The van der Waals surface area contributed by atoms with Crippen LogP contribution < -0.4 is 15.4 Å². The van der Waals surface area contributed by atoms with Crippen LogP contribution in [0.2, 0.25) is 0 Å². The molecule has 150 valence electrons. The molecule has 9 heteroatoms. The molecule has 2 aromatic carbocycles. The highest BCUT2D eigenvalue weighted by Crippen LogP contribution is 2.26. The topological polar surface area (TPSA) is 106 Å². The minimum absolute atomic E-state index is 0.202. The Kier molecular flexibility index (Phi) is 5.81. The summed E-state index contributed by atoms with van der Waals surface area (Å²) < 4.78 is 10.6. The average Bonchev–Trinajstić information content (AvgIpc) is 3.46. The predicted octanol–water partition coefficient (Wildman–Crippen LogP) is 4.07. The Balaban J connectivity index is 1.31. The van der Waals surface area contributed by atoms with E-state index < -0.39 is 0 Å². The second-order valence-electron chi connectivity index (χ2n) is 6.07. The van der Waals surface area contributed by atoms with Gasteiger partial charge in [-0.2, -0.15) is 0 Å². The fraction of sp³-hybridized carbons (Fsp3) is 0.0476. The number of carbonyl (C=O) groups is 2. The van der Waals surface area contributed by atoms with Crippen molar-refractivity contribution in [3.05, 3.63) is 78.8 Å². The summed E-state index contributed by atoms with van der Waals surface area (Å²) in [6, 6.07) is 19.5. The molecule has 2 N–H and O–H groups in total. The van der Waals surface area contributed by atoms with Gasteiger partial charge in [-0.25, -0.2) is 0 Å². The Morgan fingerprint density at radius 3 is 2.63 bits per heavy atom. The maximum Gasteiger partial charge on any atom is 0.291 e. The normalized spacial score (nSPS) is 10.4. The lowest BCUT2D eigenvalue weighted by Crippen LogP contribution is -2.20. The van der Waals surface area contributed by atoms with Crippen molar-refractivity contribution in [1.29, 1.82) is 0 Å². The number of nitrogens with zero attached hydrogens (tertiary/aromatic N) is 2. The van der Waals surface area contributed by atoms with Gasteiger partial charge < -0.3 is 14.5 Å². The number of hydrogen-bond acceptors (Lipinski definition) is 7. The first-order valence-corrected chi connectivity index (χ1v) is 9.75. The van der Waals surface area contributed by atoms with Crippen LogP contribution in [0.1, 0.15) is 10.6 Å². The molecule has 0 radical (unpaired) electrons. The molecule has 0 aliphatic carbocycles. The van der Waals surface area contributed by atoms with Crippen molar-refractivity contribution in [3.8, 4) is 16.3 Å². The van der Waals surface area contributed by atoms with Crippen LogP contribution in [0, 0.1) is 0 Å². The third kappa shape index (κ3) is 4.89. The van der Waals surface area contributed by atoms with E-state index in [4.69, 9.17) is 9.15 Å². The SMILES string of the molecule is O=C(COc1cccc(NC(=O)c2ccco2)c1)Nc1nnc(-c2ccccc2)s1. The highest BCUT2D eigenvalue weighted by atomic mass is 32.1. The molecule has 0 saturated carbocycles. The predicted molar refractivity (Wildman–Crippen MR) is 113 cm³/mol. The summed E-state index contributed by atoms with van der Waals surface area (Å²) in [6.07, 6.45) is 1.42. The van der Waals surface area contributed by atoms with E-state index in [0.29, 0.717) is 21.6 Å². The van der Waals surface area contributed by atoms with E-state index in [-0.39, 0.29) is 24.2 Å². The van der Waals surface area contributed by atoms with Crippen LogP contribution in [-0.2, 0) is 4.79 Å². The fourth-order valence-corrected chi connectivity index (χ4v) is 3.30. The molecule has 2 aromatic heterocycles. The van der Waals surface area contributed by atoms with E-state index in [9.17, 15) is 9.59 Å². The van der Waals surface area contributed by atoms with Crippen LogP contribution >= 0.6 is 11.3 Å². The van der Waals surface area contributed by atoms with Gasteiger partial charge >= 0.3 is 0 Å². The molecule has 0 fully saturated rings. The smallest absolute Gasteiger partial charge is 0.291 e. The second kappa shape index (κ2) is 9.01. The Morgan fingerprint density at radius 2 is 1.83 bits per heavy atom.